The van der Waals surface area contributed by atoms with Crippen molar-refractivity contribution < 1.29 is 57.1 Å². The van der Waals surface area contributed by atoms with E-state index in [-0.39, 0.29) is 44.0 Å². The Morgan fingerprint density at radius 3 is 1.15 bits per heavy atom. The summed E-state index contributed by atoms with van der Waals surface area (Å²) >= 11 is 25.0. The third-order valence-corrected chi connectivity index (χ3v) is 13.0. The van der Waals surface area contributed by atoms with Crippen LogP contribution in [-0.4, -0.2) is 50.8 Å². The summed E-state index contributed by atoms with van der Waals surface area (Å²) in [6.07, 6.45) is -1.59. The Balaban J connectivity index is 1.49. The molecule has 0 fully saturated rings. The molecule has 4 aromatic carbocycles. The van der Waals surface area contributed by atoms with Crippen LogP contribution in [0.15, 0.2) is 161 Å². The monoisotopic (exact) mass is 1080 g/mol. The fourth-order valence-corrected chi connectivity index (χ4v) is 9.03. The highest BCUT2D eigenvalue weighted by Gasteiger charge is 2.91. The number of allylic oxidation sites excluding steroid dienone is 4. The number of fused-ring (bicyclic) bond motifs is 6. The smallest absolute Gasteiger partial charge is 0.354 e. The molecular weight excluding hydrogens is 1060 g/mol. The number of hydrogen-bond acceptors (Lipinski definition) is 2. The Morgan fingerprint density at radius 2 is 0.764 bits per heavy atom. The predicted molar refractivity (Wildman–Crippen MR) is 251 cm³/mol. The molecule has 1 N–H and O–H groups in total. The Morgan fingerprint density at radius 1 is 0.417 bits per heavy atom. The van der Waals surface area contributed by atoms with Crippen LogP contribution >= 0.6 is 46.4 Å². The third-order valence-electron chi connectivity index (χ3n) is 12.0. The second-order valence-electron chi connectivity index (χ2n) is 16.5. The van der Waals surface area contributed by atoms with Crippen molar-refractivity contribution in [3.63, 3.8) is 0 Å². The lowest BCUT2D eigenvalue weighted by Gasteiger charge is -2.40. The molecule has 6 aromatic rings. The molecular formula is C51H27Cl4F13N4. The van der Waals surface area contributed by atoms with Gasteiger partial charge in [0.05, 0.1) is 34.1 Å². The fraction of sp³-hybridized carbons (Fsp3) is 0.137. The quantitative estimate of drug-likeness (QED) is 0.140. The van der Waals surface area contributed by atoms with E-state index in [1.807, 2.05) is 0 Å². The van der Waals surface area contributed by atoms with Gasteiger partial charge in [0.15, 0.2) is 0 Å². The molecule has 9 rings (SSSR count). The van der Waals surface area contributed by atoms with Crippen LogP contribution in [0.2, 0.25) is 20.1 Å². The third kappa shape index (κ3) is 8.12. The summed E-state index contributed by atoms with van der Waals surface area (Å²) in [4.78, 5) is 13.0. The lowest BCUT2D eigenvalue weighted by atomic mass is 9.83. The second kappa shape index (κ2) is 17.7. The molecule has 0 amide bonds. The lowest BCUT2D eigenvalue weighted by Crippen LogP contribution is -2.69. The van der Waals surface area contributed by atoms with Crippen LogP contribution in [0.1, 0.15) is 39.1 Å². The van der Waals surface area contributed by atoms with Crippen LogP contribution in [0.4, 0.5) is 57.1 Å². The zero-order valence-electron chi connectivity index (χ0n) is 36.0. The summed E-state index contributed by atoms with van der Waals surface area (Å²) in [5.74, 6) is -38.9. The number of rotatable bonds is 9. The van der Waals surface area contributed by atoms with Gasteiger partial charge in [0.2, 0.25) is 0 Å². The molecule has 0 spiro atoms. The minimum atomic E-state index is -8.19. The number of aromatic amines is 1. The molecule has 3 aliphatic rings. The molecule has 370 valence electrons. The Hall–Kier alpha value is -6.27. The molecule has 5 heterocycles. The van der Waals surface area contributed by atoms with Gasteiger partial charge in [-0.05, 0) is 107 Å². The molecule has 4 nitrogen and oxygen atoms in total. The first kappa shape index (κ1) is 50.7. The van der Waals surface area contributed by atoms with Gasteiger partial charge in [0, 0.05) is 71.9 Å². The standard InChI is InChI=1S/C51H27Cl4F13N4/c1-72-24-33-40(25-2-10-29(52)11-3-25)34-18-19-35(69-34)41(26-4-12-30(53)13-5-26)36-20-21-37(70-36)42(27-6-14-31(54)15-7-27)38-22-23-39(71-38)43(28-8-16-32(55)17-9-28)45(72)44(33)46(56,57)47(58,59)48(60,61)49(62,63)50(64,65)51(66,67)68/h2-24,70H,1H3. The van der Waals surface area contributed by atoms with Gasteiger partial charge in [-0.15, -0.1) is 0 Å². The molecule has 2 aromatic heterocycles. The van der Waals surface area contributed by atoms with Crippen LogP contribution in [0.5, 0.6) is 0 Å². The molecule has 0 radical (unpaired) electrons. The first-order valence-electron chi connectivity index (χ1n) is 20.8. The first-order valence-corrected chi connectivity index (χ1v) is 22.4. The minimum absolute atomic E-state index is 0.0490. The van der Waals surface area contributed by atoms with Crippen molar-refractivity contribution in [2.75, 3.05) is 0 Å². The number of aromatic nitrogens is 2. The fourth-order valence-electron chi connectivity index (χ4n) is 8.53. The number of nitrogens with zero attached hydrogens (tertiary/aromatic N) is 3. The molecule has 0 saturated heterocycles. The average Bonchev–Trinajstić information content (AvgIpc) is 4.15. The summed E-state index contributed by atoms with van der Waals surface area (Å²) in [6, 6.07) is 25.9. The summed E-state index contributed by atoms with van der Waals surface area (Å²) in [5, 5.41) is 1.53. The van der Waals surface area contributed by atoms with Gasteiger partial charge in [-0.2, -0.15) is 57.1 Å². The maximum Gasteiger partial charge on any atom is 0.460 e. The highest BCUT2D eigenvalue weighted by atomic mass is 35.5. The Labute approximate surface area is 418 Å². The number of nitrogens with one attached hydrogen (secondary N) is 1. The summed E-state index contributed by atoms with van der Waals surface area (Å²) in [7, 11) is 0.996. The molecule has 0 unspecified atom stereocenters. The largest absolute Gasteiger partial charge is 0.460 e. The first-order chi connectivity index (χ1) is 33.7. The van der Waals surface area contributed by atoms with Gasteiger partial charge in [-0.1, -0.05) is 94.9 Å². The van der Waals surface area contributed by atoms with Crippen molar-refractivity contribution in [3.8, 4) is 0 Å². The number of halogens is 17. The van der Waals surface area contributed by atoms with Crippen molar-refractivity contribution in [2.45, 2.75) is 35.8 Å². The van der Waals surface area contributed by atoms with E-state index in [0.29, 0.717) is 43.0 Å². The zero-order chi connectivity index (χ0) is 52.1. The van der Waals surface area contributed by atoms with Crippen LogP contribution in [-0.2, 0) is 13.0 Å². The van der Waals surface area contributed by atoms with E-state index >= 15 is 35.1 Å². The Kier molecular flexibility index (Phi) is 12.5. The van der Waals surface area contributed by atoms with E-state index in [0.717, 1.165) is 17.8 Å². The van der Waals surface area contributed by atoms with E-state index in [1.165, 1.54) is 72.8 Å². The van der Waals surface area contributed by atoms with Crippen molar-refractivity contribution in [2.24, 2.45) is 17.0 Å². The lowest BCUT2D eigenvalue weighted by molar-refractivity contribution is -0.441. The summed E-state index contributed by atoms with van der Waals surface area (Å²) < 4.78 is 201. The zero-order valence-corrected chi connectivity index (χ0v) is 39.1. The molecule has 72 heavy (non-hydrogen) atoms. The number of aliphatic imine (C=N–C) groups is 2. The summed E-state index contributed by atoms with van der Waals surface area (Å²) in [6.45, 7) is 0. The molecule has 0 saturated carbocycles. The number of aryl methyl sites for hydroxylation is 1. The van der Waals surface area contributed by atoms with Crippen molar-refractivity contribution in [1.82, 2.24) is 9.55 Å². The van der Waals surface area contributed by atoms with E-state index < -0.39 is 63.8 Å². The predicted octanol–water partition coefficient (Wildman–Crippen LogP) is 14.8. The van der Waals surface area contributed by atoms with Crippen LogP contribution in [0.3, 0.4) is 0 Å². The second-order valence-corrected chi connectivity index (χ2v) is 18.2. The molecule has 0 atom stereocenters. The van der Waals surface area contributed by atoms with E-state index in [9.17, 15) is 22.0 Å². The maximum atomic E-state index is 17.8. The van der Waals surface area contributed by atoms with Gasteiger partial charge >= 0.3 is 35.8 Å². The number of H-pyrrole nitrogens is 1. The maximum absolute atomic E-state index is 17.8. The molecule has 0 aliphatic carbocycles. The van der Waals surface area contributed by atoms with Gasteiger partial charge in [-0.25, -0.2) is 9.98 Å². The molecule has 3 aliphatic heterocycles. The Bertz CT molecular complexity index is 3510. The topological polar surface area (TPSA) is 45.4 Å². The highest BCUT2D eigenvalue weighted by molar-refractivity contribution is 6.34. The van der Waals surface area contributed by atoms with Crippen molar-refractivity contribution >= 4 is 80.1 Å². The van der Waals surface area contributed by atoms with Crippen LogP contribution in [0, 0.1) is 0 Å². The molecule has 8 bridgehead atoms. The van der Waals surface area contributed by atoms with Crippen molar-refractivity contribution in [3.05, 3.63) is 221 Å². The van der Waals surface area contributed by atoms with Crippen LogP contribution < -0.4 is 10.7 Å². The van der Waals surface area contributed by atoms with Gasteiger partial charge < -0.3 is 9.55 Å². The van der Waals surface area contributed by atoms with Gasteiger partial charge in [0.1, 0.15) is 0 Å². The number of benzene rings is 4. The average molecular weight is 1080 g/mol. The molecule has 21 heteroatoms. The SMILES string of the molecule is Cn1cc2c(C(F)(F)C(F)(F)C(F)(F)C(F)(F)C(F)(F)C(F)(F)F)c1C(c1ccc(Cl)cc1)=C1C=CC(=N1)C(c1ccc(Cl)cc1)=c1ccc([nH]1)=C(c1ccc(Cl)cc1)C1=NC(=C2c2ccc(Cl)cc2)C=C1. The highest BCUT2D eigenvalue weighted by Crippen LogP contribution is 2.63. The normalized spacial score (nSPS) is 15.8. The number of hydrogen-bond donors (Lipinski definition) is 1. The van der Waals surface area contributed by atoms with E-state index in [2.05, 4.69) is 4.98 Å². The van der Waals surface area contributed by atoms with Crippen LogP contribution in [0.25, 0.3) is 22.3 Å². The van der Waals surface area contributed by atoms with E-state index in [1.54, 1.807) is 60.7 Å². The van der Waals surface area contributed by atoms with Gasteiger partial charge in [-0.3, -0.25) is 0 Å². The van der Waals surface area contributed by atoms with E-state index in [4.69, 9.17) is 56.4 Å². The summed E-state index contributed by atoms with van der Waals surface area (Å²) in [5.41, 5.74) is -4.99. The minimum Gasteiger partial charge on any atom is -0.354 e. The number of alkyl halides is 13. The van der Waals surface area contributed by atoms with Crippen molar-refractivity contribution in [1.29, 1.82) is 0 Å². The van der Waals surface area contributed by atoms with Gasteiger partial charge in [0.25, 0.3) is 0 Å².